The van der Waals surface area contributed by atoms with E-state index in [2.05, 4.69) is 26.2 Å². The van der Waals surface area contributed by atoms with Crippen LogP contribution in [0.2, 0.25) is 0 Å². The number of amides is 2. The first-order valence-corrected chi connectivity index (χ1v) is 9.16. The van der Waals surface area contributed by atoms with Crippen molar-refractivity contribution < 1.29 is 14.0 Å². The summed E-state index contributed by atoms with van der Waals surface area (Å²) in [4.78, 5) is 30.5. The maximum Gasteiger partial charge on any atom is 0.254 e. The average Bonchev–Trinajstić information content (AvgIpc) is 3.41. The van der Waals surface area contributed by atoms with Crippen LogP contribution in [0.3, 0.4) is 0 Å². The highest BCUT2D eigenvalue weighted by atomic mass is 79.9. The molecule has 0 radical (unpaired) electrons. The zero-order valence-corrected chi connectivity index (χ0v) is 15.7. The Balaban J connectivity index is 1.54. The molecule has 1 aromatic carbocycles. The number of rotatable bonds is 3. The maximum absolute atomic E-state index is 13.2. The Kier molecular flexibility index (Phi) is 4.19. The molecule has 2 aliphatic rings. The Morgan fingerprint density at radius 1 is 1.41 bits per heavy atom. The number of halogens is 2. The SMILES string of the molecule is N#Cc1cc(F)cnc1NC(=O)CN1CC2(CC2)c2cc(Br)ccc2C1=O. The Hall–Kier alpha value is -2.79. The normalized spacial score (nSPS) is 16.6. The largest absolute Gasteiger partial charge is 0.328 e. The second-order valence-electron chi connectivity index (χ2n) is 6.84. The third-order valence-corrected chi connectivity index (χ3v) is 5.48. The molecule has 8 heteroatoms. The number of pyridine rings is 1. The summed E-state index contributed by atoms with van der Waals surface area (Å²) >= 11 is 3.45. The van der Waals surface area contributed by atoms with Crippen LogP contribution in [0.1, 0.15) is 34.3 Å². The van der Waals surface area contributed by atoms with E-state index in [-0.39, 0.29) is 29.2 Å². The molecule has 0 bridgehead atoms. The lowest BCUT2D eigenvalue weighted by molar-refractivity contribution is -0.117. The first-order chi connectivity index (χ1) is 12.9. The van der Waals surface area contributed by atoms with E-state index in [0.29, 0.717) is 12.1 Å². The number of fused-ring (bicyclic) bond motifs is 2. The van der Waals surface area contributed by atoms with E-state index >= 15 is 0 Å². The first-order valence-electron chi connectivity index (χ1n) is 8.37. The molecule has 2 amide bonds. The van der Waals surface area contributed by atoms with Crippen molar-refractivity contribution in [3.8, 4) is 6.07 Å². The van der Waals surface area contributed by atoms with E-state index in [9.17, 15) is 14.0 Å². The van der Waals surface area contributed by atoms with Crippen LogP contribution < -0.4 is 5.32 Å². The van der Waals surface area contributed by atoms with Crippen LogP contribution in [0.25, 0.3) is 0 Å². The van der Waals surface area contributed by atoms with Gasteiger partial charge in [-0.2, -0.15) is 5.26 Å². The number of hydrogen-bond acceptors (Lipinski definition) is 4. The van der Waals surface area contributed by atoms with Gasteiger partial charge in [0, 0.05) is 22.0 Å². The Labute approximate surface area is 163 Å². The molecule has 0 saturated heterocycles. The minimum Gasteiger partial charge on any atom is -0.328 e. The molecule has 1 N–H and O–H groups in total. The molecular formula is C19H14BrFN4O2. The Morgan fingerprint density at radius 2 is 2.19 bits per heavy atom. The number of aromatic nitrogens is 1. The summed E-state index contributed by atoms with van der Waals surface area (Å²) in [6.45, 7) is 0.324. The molecule has 1 aliphatic heterocycles. The van der Waals surface area contributed by atoms with Gasteiger partial charge in [0.25, 0.3) is 5.91 Å². The Morgan fingerprint density at radius 3 is 2.89 bits per heavy atom. The number of anilines is 1. The van der Waals surface area contributed by atoms with Crippen molar-refractivity contribution in [2.75, 3.05) is 18.4 Å². The molecule has 0 atom stereocenters. The van der Waals surface area contributed by atoms with Gasteiger partial charge in [0.2, 0.25) is 5.91 Å². The van der Waals surface area contributed by atoms with Crippen LogP contribution in [0.5, 0.6) is 0 Å². The minimum atomic E-state index is -0.658. The maximum atomic E-state index is 13.2. The number of hydrogen-bond donors (Lipinski definition) is 1. The molecule has 6 nitrogen and oxygen atoms in total. The van der Waals surface area contributed by atoms with Crippen molar-refractivity contribution in [2.45, 2.75) is 18.3 Å². The van der Waals surface area contributed by atoms with Crippen LogP contribution in [0, 0.1) is 17.1 Å². The van der Waals surface area contributed by atoms with Gasteiger partial charge in [0.1, 0.15) is 18.4 Å². The van der Waals surface area contributed by atoms with Crippen molar-refractivity contribution in [3.63, 3.8) is 0 Å². The molecule has 1 aliphatic carbocycles. The van der Waals surface area contributed by atoms with E-state index < -0.39 is 11.7 Å². The molecule has 136 valence electrons. The summed E-state index contributed by atoms with van der Waals surface area (Å²) in [5.74, 6) is -1.35. The van der Waals surface area contributed by atoms with Crippen LogP contribution in [-0.2, 0) is 10.2 Å². The highest BCUT2D eigenvalue weighted by Crippen LogP contribution is 2.52. The second kappa shape index (κ2) is 6.43. The van der Waals surface area contributed by atoms with Crippen molar-refractivity contribution in [1.82, 2.24) is 9.88 Å². The van der Waals surface area contributed by atoms with Crippen LogP contribution >= 0.6 is 15.9 Å². The fraction of sp³-hybridized carbons (Fsp3) is 0.263. The van der Waals surface area contributed by atoms with E-state index in [1.54, 1.807) is 12.1 Å². The summed E-state index contributed by atoms with van der Waals surface area (Å²) in [7, 11) is 0. The van der Waals surface area contributed by atoms with E-state index in [1.165, 1.54) is 4.90 Å². The molecule has 2 heterocycles. The van der Waals surface area contributed by atoms with Gasteiger partial charge < -0.3 is 10.2 Å². The van der Waals surface area contributed by atoms with Crippen molar-refractivity contribution in [2.24, 2.45) is 0 Å². The minimum absolute atomic E-state index is 0.0150. The molecule has 1 fully saturated rings. The number of carbonyl (C=O) groups excluding carboxylic acids is 2. The molecule has 1 aromatic heterocycles. The van der Waals surface area contributed by atoms with Crippen molar-refractivity contribution in [3.05, 3.63) is 57.4 Å². The van der Waals surface area contributed by atoms with Crippen LogP contribution in [0.15, 0.2) is 34.9 Å². The smallest absolute Gasteiger partial charge is 0.254 e. The fourth-order valence-corrected chi connectivity index (χ4v) is 3.87. The number of nitriles is 1. The third kappa shape index (κ3) is 3.19. The summed E-state index contributed by atoms with van der Waals surface area (Å²) < 4.78 is 14.1. The number of carbonyl (C=O) groups is 2. The molecule has 1 spiro atoms. The fourth-order valence-electron chi connectivity index (χ4n) is 3.51. The summed E-state index contributed by atoms with van der Waals surface area (Å²) in [6, 6.07) is 8.38. The summed E-state index contributed by atoms with van der Waals surface area (Å²) in [5, 5.41) is 11.5. The quantitative estimate of drug-likeness (QED) is 0.813. The average molecular weight is 429 g/mol. The van der Waals surface area contributed by atoms with Crippen molar-refractivity contribution in [1.29, 1.82) is 5.26 Å². The monoisotopic (exact) mass is 428 g/mol. The van der Waals surface area contributed by atoms with Gasteiger partial charge in [-0.15, -0.1) is 0 Å². The Bertz CT molecular complexity index is 1010. The molecule has 27 heavy (non-hydrogen) atoms. The van der Waals surface area contributed by atoms with Gasteiger partial charge in [0.05, 0.1) is 11.8 Å². The lowest BCUT2D eigenvalue weighted by Gasteiger charge is -2.34. The predicted molar refractivity (Wildman–Crippen MR) is 98.5 cm³/mol. The van der Waals surface area contributed by atoms with Crippen molar-refractivity contribution >= 4 is 33.6 Å². The van der Waals surface area contributed by atoms with E-state index in [1.807, 2.05) is 12.1 Å². The van der Waals surface area contributed by atoms with Gasteiger partial charge in [-0.05, 0) is 42.7 Å². The standard InChI is InChI=1S/C19H14BrFN4O2/c20-12-1-2-14-15(6-12)19(3-4-19)10-25(18(14)27)9-16(26)24-17-11(7-22)5-13(21)8-23-17/h1-2,5-6,8H,3-4,9-10H2,(H,23,24,26). The highest BCUT2D eigenvalue weighted by molar-refractivity contribution is 9.10. The number of nitrogens with zero attached hydrogens (tertiary/aromatic N) is 3. The lowest BCUT2D eigenvalue weighted by atomic mass is 9.86. The van der Waals surface area contributed by atoms with Crippen LogP contribution in [-0.4, -0.2) is 34.8 Å². The van der Waals surface area contributed by atoms with E-state index in [4.69, 9.17) is 5.26 Å². The first kappa shape index (κ1) is 17.6. The molecule has 4 rings (SSSR count). The topological polar surface area (TPSA) is 86.1 Å². The zero-order chi connectivity index (χ0) is 19.2. The number of benzene rings is 1. The molecule has 2 aromatic rings. The van der Waals surface area contributed by atoms with Gasteiger partial charge in [0.15, 0.2) is 5.82 Å². The second-order valence-corrected chi connectivity index (χ2v) is 7.76. The van der Waals surface area contributed by atoms with Gasteiger partial charge in [-0.1, -0.05) is 15.9 Å². The van der Waals surface area contributed by atoms with Gasteiger partial charge >= 0.3 is 0 Å². The van der Waals surface area contributed by atoms with Gasteiger partial charge in [-0.25, -0.2) is 9.37 Å². The van der Waals surface area contributed by atoms with Crippen LogP contribution in [0.4, 0.5) is 10.2 Å². The highest BCUT2D eigenvalue weighted by Gasteiger charge is 2.51. The molecular weight excluding hydrogens is 415 g/mol. The lowest BCUT2D eigenvalue weighted by Crippen LogP contribution is -2.46. The molecule has 0 unspecified atom stereocenters. The molecule has 1 saturated carbocycles. The van der Waals surface area contributed by atoms with E-state index in [0.717, 1.165) is 35.1 Å². The zero-order valence-electron chi connectivity index (χ0n) is 14.1. The van der Waals surface area contributed by atoms with Gasteiger partial charge in [-0.3, -0.25) is 9.59 Å². The third-order valence-electron chi connectivity index (χ3n) is 4.98. The number of nitrogens with one attached hydrogen (secondary N) is 1. The predicted octanol–water partition coefficient (Wildman–Crippen LogP) is 2.98. The summed E-state index contributed by atoms with van der Waals surface area (Å²) in [5.41, 5.74) is 1.50. The summed E-state index contributed by atoms with van der Waals surface area (Å²) in [6.07, 6.45) is 2.87.